The molecule has 0 radical (unpaired) electrons. The van der Waals surface area contributed by atoms with Crippen LogP contribution in [0.4, 0.5) is 0 Å². The zero-order valence-corrected chi connectivity index (χ0v) is 11.4. The molecule has 2 nitrogen and oxygen atoms in total. The number of halogens is 1. The molecule has 3 heteroatoms. The molecule has 1 fully saturated rings. The molecule has 1 N–H and O–H groups in total. The highest BCUT2D eigenvalue weighted by Crippen LogP contribution is 2.23. The normalized spacial score (nSPS) is 24.2. The highest BCUT2D eigenvalue weighted by Gasteiger charge is 2.19. The minimum atomic E-state index is 0.291. The van der Waals surface area contributed by atoms with E-state index in [0.717, 1.165) is 36.7 Å². The van der Waals surface area contributed by atoms with Crippen LogP contribution in [0.1, 0.15) is 31.2 Å². The van der Waals surface area contributed by atoms with E-state index in [1.165, 1.54) is 5.56 Å². The molecule has 0 atom stereocenters. The first kappa shape index (κ1) is 12.6. The third kappa shape index (κ3) is 3.83. The smallest absolute Gasteiger partial charge is 0.0655 e. The van der Waals surface area contributed by atoms with Crippen LogP contribution in [0.2, 0.25) is 0 Å². The van der Waals surface area contributed by atoms with E-state index >= 15 is 0 Å². The van der Waals surface area contributed by atoms with E-state index in [4.69, 9.17) is 5.26 Å². The largest absolute Gasteiger partial charge is 0.310 e. The van der Waals surface area contributed by atoms with Crippen molar-refractivity contribution < 1.29 is 0 Å². The van der Waals surface area contributed by atoms with Gasteiger partial charge in [-0.2, -0.15) is 5.26 Å². The predicted octanol–water partition coefficient (Wildman–Crippen LogP) is 3.62. The number of benzene rings is 1. The Morgan fingerprint density at radius 3 is 2.71 bits per heavy atom. The van der Waals surface area contributed by atoms with Gasteiger partial charge in [0.25, 0.3) is 0 Å². The van der Waals surface area contributed by atoms with E-state index in [1.807, 2.05) is 6.07 Å². The Morgan fingerprint density at radius 2 is 2.06 bits per heavy atom. The summed E-state index contributed by atoms with van der Waals surface area (Å²) >= 11 is 3.48. The van der Waals surface area contributed by atoms with Gasteiger partial charge in [-0.25, -0.2) is 0 Å². The second-order valence-electron chi connectivity index (χ2n) is 4.69. The van der Waals surface area contributed by atoms with Gasteiger partial charge < -0.3 is 5.32 Å². The highest BCUT2D eigenvalue weighted by molar-refractivity contribution is 9.10. The van der Waals surface area contributed by atoms with Gasteiger partial charge in [-0.05, 0) is 43.4 Å². The molecular formula is C14H17BrN2. The molecule has 1 aromatic carbocycles. The van der Waals surface area contributed by atoms with E-state index in [0.29, 0.717) is 12.0 Å². The summed E-state index contributed by atoms with van der Waals surface area (Å²) in [6, 6.07) is 11.3. The van der Waals surface area contributed by atoms with Crippen molar-refractivity contribution in [2.45, 2.75) is 38.3 Å². The fraction of sp³-hybridized carbons (Fsp3) is 0.500. The topological polar surface area (TPSA) is 35.8 Å². The Kier molecular flexibility index (Phi) is 4.58. The molecule has 0 spiro atoms. The molecule has 17 heavy (non-hydrogen) atoms. The van der Waals surface area contributed by atoms with Gasteiger partial charge in [-0.15, -0.1) is 0 Å². The van der Waals surface area contributed by atoms with E-state index < -0.39 is 0 Å². The van der Waals surface area contributed by atoms with Crippen LogP contribution < -0.4 is 5.32 Å². The van der Waals surface area contributed by atoms with Crippen molar-refractivity contribution in [2.75, 3.05) is 0 Å². The average molecular weight is 293 g/mol. The lowest BCUT2D eigenvalue weighted by molar-refractivity contribution is 0.331. The molecule has 1 saturated carbocycles. The number of nitrogens with one attached hydrogen (secondary N) is 1. The molecule has 0 bridgehead atoms. The van der Waals surface area contributed by atoms with Crippen LogP contribution in [0.15, 0.2) is 28.7 Å². The lowest BCUT2D eigenvalue weighted by atomic mass is 9.87. The fourth-order valence-corrected chi connectivity index (χ4v) is 2.78. The van der Waals surface area contributed by atoms with Crippen molar-refractivity contribution in [1.82, 2.24) is 5.32 Å². The second kappa shape index (κ2) is 6.18. The Morgan fingerprint density at radius 1 is 1.29 bits per heavy atom. The zero-order valence-electron chi connectivity index (χ0n) is 9.82. The predicted molar refractivity (Wildman–Crippen MR) is 72.3 cm³/mol. The van der Waals surface area contributed by atoms with Crippen LogP contribution in [0.25, 0.3) is 0 Å². The van der Waals surface area contributed by atoms with Crippen molar-refractivity contribution in [1.29, 1.82) is 5.26 Å². The van der Waals surface area contributed by atoms with Crippen molar-refractivity contribution in [2.24, 2.45) is 5.92 Å². The van der Waals surface area contributed by atoms with Gasteiger partial charge in [0.15, 0.2) is 0 Å². The zero-order chi connectivity index (χ0) is 12.1. The van der Waals surface area contributed by atoms with E-state index in [1.54, 1.807) is 0 Å². The van der Waals surface area contributed by atoms with Gasteiger partial charge >= 0.3 is 0 Å². The molecule has 0 saturated heterocycles. The highest BCUT2D eigenvalue weighted by atomic mass is 79.9. The van der Waals surface area contributed by atoms with Gasteiger partial charge in [-0.1, -0.05) is 28.1 Å². The van der Waals surface area contributed by atoms with E-state index in [-0.39, 0.29) is 0 Å². The molecule has 1 aliphatic rings. The van der Waals surface area contributed by atoms with Gasteiger partial charge in [-0.3, -0.25) is 0 Å². The summed E-state index contributed by atoms with van der Waals surface area (Å²) < 4.78 is 1.13. The number of hydrogen-bond donors (Lipinski definition) is 1. The monoisotopic (exact) mass is 292 g/mol. The van der Waals surface area contributed by atoms with Gasteiger partial charge in [0.2, 0.25) is 0 Å². The molecule has 0 heterocycles. The maximum Gasteiger partial charge on any atom is 0.0655 e. The summed E-state index contributed by atoms with van der Waals surface area (Å²) in [5.41, 5.74) is 1.31. The molecule has 0 aliphatic heterocycles. The summed E-state index contributed by atoms with van der Waals surface area (Å²) in [4.78, 5) is 0. The van der Waals surface area contributed by atoms with Crippen LogP contribution in [0, 0.1) is 17.2 Å². The third-order valence-electron chi connectivity index (χ3n) is 3.39. The molecule has 0 aromatic heterocycles. The molecule has 1 aliphatic carbocycles. The molecule has 90 valence electrons. The van der Waals surface area contributed by atoms with Crippen LogP contribution in [-0.4, -0.2) is 6.04 Å². The van der Waals surface area contributed by atoms with Crippen molar-refractivity contribution in [3.8, 4) is 6.07 Å². The first-order valence-corrected chi connectivity index (χ1v) is 6.94. The average Bonchev–Trinajstić information content (AvgIpc) is 2.37. The standard InChI is InChI=1S/C14H17BrN2/c15-13-3-1-2-12(8-13)10-17-14-6-4-11(9-16)5-7-14/h1-3,8,11,14,17H,4-7,10H2. The van der Waals surface area contributed by atoms with Crippen molar-refractivity contribution >= 4 is 15.9 Å². The molecule has 1 aromatic rings. The Hall–Kier alpha value is -0.850. The molecule has 0 unspecified atom stereocenters. The fourth-order valence-electron chi connectivity index (χ4n) is 2.34. The minimum Gasteiger partial charge on any atom is -0.310 e. The summed E-state index contributed by atoms with van der Waals surface area (Å²) in [6.45, 7) is 0.918. The number of hydrogen-bond acceptors (Lipinski definition) is 2. The van der Waals surface area contributed by atoms with Crippen LogP contribution in [-0.2, 0) is 6.54 Å². The number of nitrogens with zero attached hydrogens (tertiary/aromatic N) is 1. The first-order chi connectivity index (χ1) is 8.28. The third-order valence-corrected chi connectivity index (χ3v) is 3.89. The summed E-state index contributed by atoms with van der Waals surface area (Å²) in [5.74, 6) is 0.291. The van der Waals surface area contributed by atoms with Gasteiger partial charge in [0, 0.05) is 23.0 Å². The minimum absolute atomic E-state index is 0.291. The molecular weight excluding hydrogens is 276 g/mol. The maximum atomic E-state index is 8.84. The van der Waals surface area contributed by atoms with E-state index in [9.17, 15) is 0 Å². The SMILES string of the molecule is N#CC1CCC(NCc2cccc(Br)c2)CC1. The van der Waals surface area contributed by atoms with Crippen LogP contribution in [0.5, 0.6) is 0 Å². The first-order valence-electron chi connectivity index (χ1n) is 6.15. The number of nitriles is 1. The summed E-state index contributed by atoms with van der Waals surface area (Å²) in [6.07, 6.45) is 4.36. The van der Waals surface area contributed by atoms with Gasteiger partial charge in [0.05, 0.1) is 6.07 Å². The van der Waals surface area contributed by atoms with Crippen LogP contribution in [0.3, 0.4) is 0 Å². The Labute approximate surface area is 111 Å². The molecule has 0 amide bonds. The quantitative estimate of drug-likeness (QED) is 0.924. The lowest BCUT2D eigenvalue weighted by Crippen LogP contribution is -2.32. The summed E-state index contributed by atoms with van der Waals surface area (Å²) in [7, 11) is 0. The molecule has 2 rings (SSSR count). The maximum absolute atomic E-state index is 8.84. The Balaban J connectivity index is 1.78. The summed E-state index contributed by atoms with van der Waals surface area (Å²) in [5, 5.41) is 12.4. The van der Waals surface area contributed by atoms with Crippen molar-refractivity contribution in [3.63, 3.8) is 0 Å². The van der Waals surface area contributed by atoms with Crippen LogP contribution >= 0.6 is 15.9 Å². The van der Waals surface area contributed by atoms with E-state index in [2.05, 4.69) is 45.5 Å². The lowest BCUT2D eigenvalue weighted by Gasteiger charge is -2.25. The Bertz CT molecular complexity index is 403. The van der Waals surface area contributed by atoms with Gasteiger partial charge in [0.1, 0.15) is 0 Å². The van der Waals surface area contributed by atoms with Crippen molar-refractivity contribution in [3.05, 3.63) is 34.3 Å². The number of rotatable bonds is 3. The second-order valence-corrected chi connectivity index (χ2v) is 5.60.